The molecule has 0 heterocycles. The molecule has 0 bridgehead atoms. The van der Waals surface area contributed by atoms with Gasteiger partial charge in [-0.25, -0.2) is 0 Å². The summed E-state index contributed by atoms with van der Waals surface area (Å²) in [6.07, 6.45) is 2.59. The molecule has 1 saturated carbocycles. The van der Waals surface area contributed by atoms with Crippen LogP contribution in [0.2, 0.25) is 0 Å². The monoisotopic (exact) mass is 232 g/mol. The van der Waals surface area contributed by atoms with Crippen molar-refractivity contribution >= 4 is 5.69 Å². The maximum absolute atomic E-state index is 6.11. The van der Waals surface area contributed by atoms with Gasteiger partial charge in [0.05, 0.1) is 5.54 Å². The zero-order valence-electron chi connectivity index (χ0n) is 11.2. The standard InChI is InChI=1S/C15H24N2/c1-4-17(13-8-6-5-7-9-13)15(3,12-16)14(2)10-11-14/h5-9H,4,10-12,16H2,1-3H3. The van der Waals surface area contributed by atoms with E-state index < -0.39 is 0 Å². The molecule has 94 valence electrons. The van der Waals surface area contributed by atoms with Gasteiger partial charge in [0, 0.05) is 18.8 Å². The zero-order valence-corrected chi connectivity index (χ0v) is 11.2. The Bertz CT molecular complexity index is 370. The Morgan fingerprint density at radius 2 is 1.88 bits per heavy atom. The lowest BCUT2D eigenvalue weighted by atomic mass is 9.81. The zero-order chi connectivity index (χ0) is 12.5. The highest BCUT2D eigenvalue weighted by atomic mass is 15.2. The second-order valence-electron chi connectivity index (χ2n) is 5.62. The molecule has 0 spiro atoms. The number of rotatable bonds is 5. The van der Waals surface area contributed by atoms with Crippen LogP contribution in [-0.2, 0) is 0 Å². The summed E-state index contributed by atoms with van der Waals surface area (Å²) < 4.78 is 0. The molecule has 0 saturated heterocycles. The number of benzene rings is 1. The van der Waals surface area contributed by atoms with Crippen molar-refractivity contribution in [3.8, 4) is 0 Å². The second kappa shape index (κ2) is 4.34. The summed E-state index contributed by atoms with van der Waals surface area (Å²) in [6.45, 7) is 8.62. The van der Waals surface area contributed by atoms with Gasteiger partial charge in [-0.3, -0.25) is 0 Å². The molecule has 2 rings (SSSR count). The first kappa shape index (κ1) is 12.4. The van der Waals surface area contributed by atoms with Crippen molar-refractivity contribution in [1.29, 1.82) is 0 Å². The molecule has 1 fully saturated rings. The lowest BCUT2D eigenvalue weighted by Crippen LogP contribution is -2.57. The van der Waals surface area contributed by atoms with Crippen molar-refractivity contribution in [1.82, 2.24) is 0 Å². The molecule has 0 aromatic heterocycles. The van der Waals surface area contributed by atoms with Crippen LogP contribution in [0.25, 0.3) is 0 Å². The molecule has 2 N–H and O–H groups in total. The number of nitrogens with two attached hydrogens (primary N) is 1. The number of anilines is 1. The number of hydrogen-bond donors (Lipinski definition) is 1. The van der Waals surface area contributed by atoms with Crippen LogP contribution >= 0.6 is 0 Å². The van der Waals surface area contributed by atoms with E-state index in [1.54, 1.807) is 0 Å². The first-order chi connectivity index (χ1) is 8.07. The Kier molecular flexibility index (Phi) is 3.17. The minimum atomic E-state index is 0.0725. The van der Waals surface area contributed by atoms with E-state index in [-0.39, 0.29) is 5.54 Å². The highest BCUT2D eigenvalue weighted by Gasteiger charge is 2.54. The van der Waals surface area contributed by atoms with Crippen LogP contribution < -0.4 is 10.6 Å². The SMILES string of the molecule is CCN(c1ccccc1)C(C)(CN)C1(C)CC1. The third kappa shape index (κ3) is 1.95. The molecule has 1 aliphatic carbocycles. The van der Waals surface area contributed by atoms with E-state index in [1.807, 2.05) is 0 Å². The van der Waals surface area contributed by atoms with Crippen LogP contribution in [0.1, 0.15) is 33.6 Å². The maximum Gasteiger partial charge on any atom is 0.0549 e. The molecule has 17 heavy (non-hydrogen) atoms. The van der Waals surface area contributed by atoms with Crippen LogP contribution in [-0.4, -0.2) is 18.6 Å². The highest BCUT2D eigenvalue weighted by Crippen LogP contribution is 2.56. The van der Waals surface area contributed by atoms with Crippen molar-refractivity contribution in [3.05, 3.63) is 30.3 Å². The molecule has 1 aromatic rings. The van der Waals surface area contributed by atoms with Crippen LogP contribution in [0.3, 0.4) is 0 Å². The Balaban J connectivity index is 2.34. The molecule has 0 amide bonds. The number of para-hydroxylation sites is 1. The van der Waals surface area contributed by atoms with E-state index in [0.29, 0.717) is 12.0 Å². The molecule has 1 aliphatic rings. The second-order valence-corrected chi connectivity index (χ2v) is 5.62. The number of nitrogens with zero attached hydrogens (tertiary/aromatic N) is 1. The molecule has 1 unspecified atom stereocenters. The summed E-state index contributed by atoms with van der Waals surface area (Å²) in [5.74, 6) is 0. The summed E-state index contributed by atoms with van der Waals surface area (Å²) >= 11 is 0. The molecule has 2 heteroatoms. The van der Waals surface area contributed by atoms with Crippen LogP contribution in [0.5, 0.6) is 0 Å². The third-order valence-corrected chi connectivity index (χ3v) is 4.68. The first-order valence-corrected chi connectivity index (χ1v) is 6.60. The fraction of sp³-hybridized carbons (Fsp3) is 0.600. The fourth-order valence-corrected chi connectivity index (χ4v) is 2.83. The summed E-state index contributed by atoms with van der Waals surface area (Å²) in [7, 11) is 0. The predicted molar refractivity (Wildman–Crippen MR) is 74.3 cm³/mol. The summed E-state index contributed by atoms with van der Waals surface area (Å²) in [5, 5.41) is 0. The summed E-state index contributed by atoms with van der Waals surface area (Å²) in [4.78, 5) is 2.47. The van der Waals surface area contributed by atoms with E-state index >= 15 is 0 Å². The van der Waals surface area contributed by atoms with Gasteiger partial charge in [-0.1, -0.05) is 25.1 Å². The average Bonchev–Trinajstić information content (AvgIpc) is 3.11. The van der Waals surface area contributed by atoms with Crippen molar-refractivity contribution in [3.63, 3.8) is 0 Å². The Labute approximate surface area is 105 Å². The van der Waals surface area contributed by atoms with Gasteiger partial charge in [-0.05, 0) is 44.2 Å². The van der Waals surface area contributed by atoms with Gasteiger partial charge < -0.3 is 10.6 Å². The maximum atomic E-state index is 6.11. The number of likely N-dealkylation sites (N-methyl/N-ethyl adjacent to an activating group) is 1. The Hall–Kier alpha value is -1.02. The molecule has 1 atom stereocenters. The highest BCUT2D eigenvalue weighted by molar-refractivity contribution is 5.50. The van der Waals surface area contributed by atoms with E-state index in [0.717, 1.165) is 6.54 Å². The Morgan fingerprint density at radius 1 is 1.29 bits per heavy atom. The van der Waals surface area contributed by atoms with Gasteiger partial charge in [0.2, 0.25) is 0 Å². The van der Waals surface area contributed by atoms with E-state index in [2.05, 4.69) is 56.0 Å². The lowest BCUT2D eigenvalue weighted by Gasteiger charge is -2.46. The van der Waals surface area contributed by atoms with Crippen molar-refractivity contribution in [2.24, 2.45) is 11.1 Å². The van der Waals surface area contributed by atoms with Gasteiger partial charge in [-0.15, -0.1) is 0 Å². The first-order valence-electron chi connectivity index (χ1n) is 6.60. The summed E-state index contributed by atoms with van der Waals surface area (Å²) in [5.41, 5.74) is 7.85. The van der Waals surface area contributed by atoms with Gasteiger partial charge in [0.25, 0.3) is 0 Å². The normalized spacial score (nSPS) is 20.7. The van der Waals surface area contributed by atoms with E-state index in [4.69, 9.17) is 5.73 Å². The molecule has 0 radical (unpaired) electrons. The average molecular weight is 232 g/mol. The van der Waals surface area contributed by atoms with Crippen molar-refractivity contribution < 1.29 is 0 Å². The quantitative estimate of drug-likeness (QED) is 0.845. The fourth-order valence-electron chi connectivity index (χ4n) is 2.83. The predicted octanol–water partition coefficient (Wildman–Crippen LogP) is 3.03. The minimum Gasteiger partial charge on any atom is -0.365 e. The lowest BCUT2D eigenvalue weighted by molar-refractivity contribution is 0.280. The van der Waals surface area contributed by atoms with Gasteiger partial charge >= 0.3 is 0 Å². The molecular formula is C15H24N2. The van der Waals surface area contributed by atoms with Crippen LogP contribution in [0, 0.1) is 5.41 Å². The van der Waals surface area contributed by atoms with Gasteiger partial charge in [0.15, 0.2) is 0 Å². The van der Waals surface area contributed by atoms with Crippen molar-refractivity contribution in [2.45, 2.75) is 39.2 Å². The smallest absolute Gasteiger partial charge is 0.0549 e. The molecule has 1 aromatic carbocycles. The van der Waals surface area contributed by atoms with Gasteiger partial charge in [0.1, 0.15) is 0 Å². The number of hydrogen-bond acceptors (Lipinski definition) is 2. The van der Waals surface area contributed by atoms with Crippen LogP contribution in [0.15, 0.2) is 30.3 Å². The third-order valence-electron chi connectivity index (χ3n) is 4.68. The van der Waals surface area contributed by atoms with E-state index in [9.17, 15) is 0 Å². The van der Waals surface area contributed by atoms with E-state index in [1.165, 1.54) is 18.5 Å². The largest absolute Gasteiger partial charge is 0.365 e. The van der Waals surface area contributed by atoms with Crippen LogP contribution in [0.4, 0.5) is 5.69 Å². The molecule has 0 aliphatic heterocycles. The minimum absolute atomic E-state index is 0.0725. The molecular weight excluding hydrogens is 208 g/mol. The Morgan fingerprint density at radius 3 is 2.29 bits per heavy atom. The summed E-state index contributed by atoms with van der Waals surface area (Å²) in [6, 6.07) is 10.6. The van der Waals surface area contributed by atoms with Gasteiger partial charge in [-0.2, -0.15) is 0 Å². The topological polar surface area (TPSA) is 29.3 Å². The van der Waals surface area contributed by atoms with Crippen molar-refractivity contribution in [2.75, 3.05) is 18.0 Å². The molecule has 2 nitrogen and oxygen atoms in total.